The summed E-state index contributed by atoms with van der Waals surface area (Å²) in [5.74, 6) is -0.136. The number of carbonyl (C=O) groups excluding carboxylic acids is 1. The Kier molecular flexibility index (Phi) is 5.50. The second-order valence-electron chi connectivity index (χ2n) is 5.78. The van der Waals surface area contributed by atoms with E-state index in [1.807, 2.05) is 32.0 Å². The summed E-state index contributed by atoms with van der Waals surface area (Å²) in [6.07, 6.45) is 0. The molecule has 1 aromatic carbocycles. The molecule has 7 heteroatoms. The van der Waals surface area contributed by atoms with Crippen molar-refractivity contribution in [1.82, 2.24) is 9.88 Å². The van der Waals surface area contributed by atoms with E-state index in [2.05, 4.69) is 15.2 Å². The van der Waals surface area contributed by atoms with Gasteiger partial charge in [-0.2, -0.15) is 0 Å². The lowest BCUT2D eigenvalue weighted by molar-refractivity contribution is 0.0341. The van der Waals surface area contributed by atoms with Crippen LogP contribution < -0.4 is 5.32 Å². The molecule has 5 nitrogen and oxygen atoms in total. The van der Waals surface area contributed by atoms with Gasteiger partial charge in [0, 0.05) is 23.8 Å². The number of hydrogen-bond donors (Lipinski definition) is 1. The van der Waals surface area contributed by atoms with Crippen molar-refractivity contribution >= 4 is 34.5 Å². The fourth-order valence-corrected chi connectivity index (χ4v) is 3.78. The molecule has 0 bridgehead atoms. The second-order valence-corrected chi connectivity index (χ2v) is 7.27. The van der Waals surface area contributed by atoms with Gasteiger partial charge in [0.1, 0.15) is 9.88 Å². The minimum atomic E-state index is -0.136. The lowest BCUT2D eigenvalue weighted by Gasteiger charge is -2.25. The van der Waals surface area contributed by atoms with E-state index in [0.29, 0.717) is 9.90 Å². The number of aromatic nitrogens is 1. The number of ether oxygens (including phenoxy) is 1. The predicted molar refractivity (Wildman–Crippen MR) is 97.1 cm³/mol. The number of aryl methyl sites for hydroxylation is 1. The van der Waals surface area contributed by atoms with E-state index in [1.54, 1.807) is 0 Å². The number of thiazole rings is 1. The third-order valence-electron chi connectivity index (χ3n) is 4.03. The van der Waals surface area contributed by atoms with Gasteiger partial charge < -0.3 is 10.1 Å². The summed E-state index contributed by atoms with van der Waals surface area (Å²) >= 11 is 7.56. The van der Waals surface area contributed by atoms with Gasteiger partial charge in [0.2, 0.25) is 0 Å². The van der Waals surface area contributed by atoms with Crippen LogP contribution in [0.3, 0.4) is 0 Å². The number of amides is 1. The number of morpholine rings is 1. The van der Waals surface area contributed by atoms with Crippen molar-refractivity contribution in [3.05, 3.63) is 44.4 Å². The van der Waals surface area contributed by atoms with E-state index in [9.17, 15) is 4.79 Å². The van der Waals surface area contributed by atoms with E-state index in [1.165, 1.54) is 11.3 Å². The van der Waals surface area contributed by atoms with Crippen molar-refractivity contribution in [3.63, 3.8) is 0 Å². The maximum absolute atomic E-state index is 12.6. The Morgan fingerprint density at radius 1 is 1.38 bits per heavy atom. The van der Waals surface area contributed by atoms with Crippen LogP contribution in [-0.2, 0) is 11.3 Å². The molecular formula is C17H20ClN3O2S. The van der Waals surface area contributed by atoms with E-state index < -0.39 is 0 Å². The minimum Gasteiger partial charge on any atom is -0.379 e. The highest BCUT2D eigenvalue weighted by atomic mass is 35.5. The topological polar surface area (TPSA) is 54.5 Å². The van der Waals surface area contributed by atoms with Crippen LogP contribution >= 0.6 is 22.9 Å². The maximum Gasteiger partial charge on any atom is 0.267 e. The fraction of sp³-hybridized carbons (Fsp3) is 0.412. The molecule has 2 aromatic rings. The molecule has 0 unspecified atom stereocenters. The van der Waals surface area contributed by atoms with Crippen LogP contribution in [-0.4, -0.2) is 42.1 Å². The number of nitrogens with zero attached hydrogens (tertiary/aromatic N) is 2. The Hall–Kier alpha value is -1.47. The van der Waals surface area contributed by atoms with Crippen LogP contribution in [0.5, 0.6) is 0 Å². The van der Waals surface area contributed by atoms with Gasteiger partial charge in [0.05, 0.1) is 25.5 Å². The normalized spacial score (nSPS) is 15.5. The summed E-state index contributed by atoms with van der Waals surface area (Å²) in [7, 11) is 0. The van der Waals surface area contributed by atoms with Crippen LogP contribution in [0.1, 0.15) is 25.9 Å². The van der Waals surface area contributed by atoms with Crippen LogP contribution in [0.2, 0.25) is 5.02 Å². The van der Waals surface area contributed by atoms with Gasteiger partial charge in [0.25, 0.3) is 5.91 Å². The molecule has 128 valence electrons. The highest BCUT2D eigenvalue weighted by Gasteiger charge is 2.19. The quantitative estimate of drug-likeness (QED) is 0.901. The standard InChI is InChI=1S/C17H20ClN3O2S/c1-11-13(18)4-3-5-14(11)20-17(22)16-12(2)19-15(24-16)10-21-6-8-23-9-7-21/h3-5H,6-10H2,1-2H3,(H,20,22). The first-order valence-electron chi connectivity index (χ1n) is 7.87. The first kappa shape index (κ1) is 17.4. The number of benzene rings is 1. The Labute approximate surface area is 150 Å². The molecule has 1 amide bonds. The lowest BCUT2D eigenvalue weighted by atomic mass is 10.2. The van der Waals surface area contributed by atoms with Crippen molar-refractivity contribution < 1.29 is 9.53 Å². The van der Waals surface area contributed by atoms with Crippen LogP contribution in [0.25, 0.3) is 0 Å². The van der Waals surface area contributed by atoms with E-state index in [-0.39, 0.29) is 5.91 Å². The molecule has 1 aromatic heterocycles. The number of nitrogens with one attached hydrogen (secondary N) is 1. The molecule has 2 heterocycles. The summed E-state index contributed by atoms with van der Waals surface area (Å²) in [4.78, 5) is 20.1. The number of carbonyl (C=O) groups is 1. The van der Waals surface area contributed by atoms with Gasteiger partial charge in [-0.25, -0.2) is 4.98 Å². The fourth-order valence-electron chi connectivity index (χ4n) is 2.60. The summed E-state index contributed by atoms with van der Waals surface area (Å²) < 4.78 is 5.36. The molecule has 0 radical (unpaired) electrons. The highest BCUT2D eigenvalue weighted by molar-refractivity contribution is 7.13. The molecule has 0 atom stereocenters. The molecule has 0 aliphatic carbocycles. The first-order valence-corrected chi connectivity index (χ1v) is 9.07. The van der Waals surface area contributed by atoms with Gasteiger partial charge in [-0.3, -0.25) is 9.69 Å². The third kappa shape index (κ3) is 3.95. The molecule has 1 saturated heterocycles. The molecule has 1 aliphatic heterocycles. The molecule has 1 fully saturated rings. The number of rotatable bonds is 4. The molecule has 3 rings (SSSR count). The van der Waals surface area contributed by atoms with Crippen molar-refractivity contribution in [3.8, 4) is 0 Å². The molecule has 0 saturated carbocycles. The van der Waals surface area contributed by atoms with Crippen LogP contribution in [0.15, 0.2) is 18.2 Å². The van der Waals surface area contributed by atoms with E-state index >= 15 is 0 Å². The number of halogens is 1. The van der Waals surface area contributed by atoms with E-state index in [4.69, 9.17) is 16.3 Å². The highest BCUT2D eigenvalue weighted by Crippen LogP contribution is 2.25. The van der Waals surface area contributed by atoms with Crippen LogP contribution in [0.4, 0.5) is 5.69 Å². The monoisotopic (exact) mass is 365 g/mol. The Morgan fingerprint density at radius 3 is 2.88 bits per heavy atom. The molecular weight excluding hydrogens is 346 g/mol. The molecule has 1 aliphatic rings. The Morgan fingerprint density at radius 2 is 2.12 bits per heavy atom. The Bertz CT molecular complexity index is 741. The lowest BCUT2D eigenvalue weighted by Crippen LogP contribution is -2.35. The van der Waals surface area contributed by atoms with Crippen molar-refractivity contribution in [2.45, 2.75) is 20.4 Å². The smallest absolute Gasteiger partial charge is 0.267 e. The summed E-state index contributed by atoms with van der Waals surface area (Å²) in [6.45, 7) is 7.85. The van der Waals surface area contributed by atoms with Gasteiger partial charge in [-0.15, -0.1) is 11.3 Å². The third-order valence-corrected chi connectivity index (χ3v) is 5.58. The van der Waals surface area contributed by atoms with Crippen molar-refractivity contribution in [1.29, 1.82) is 0 Å². The average molecular weight is 366 g/mol. The summed E-state index contributed by atoms with van der Waals surface area (Å²) in [5, 5.41) is 4.54. The van der Waals surface area contributed by atoms with Crippen molar-refractivity contribution in [2.24, 2.45) is 0 Å². The predicted octanol–water partition coefficient (Wildman–Crippen LogP) is 3.50. The average Bonchev–Trinajstić information content (AvgIpc) is 2.93. The zero-order valence-electron chi connectivity index (χ0n) is 13.8. The van der Waals surface area contributed by atoms with E-state index in [0.717, 1.165) is 54.8 Å². The molecule has 24 heavy (non-hydrogen) atoms. The zero-order chi connectivity index (χ0) is 17.1. The Balaban J connectivity index is 1.72. The van der Waals surface area contributed by atoms with Gasteiger partial charge in [-0.05, 0) is 31.5 Å². The molecule has 1 N–H and O–H groups in total. The zero-order valence-corrected chi connectivity index (χ0v) is 15.3. The van der Waals surface area contributed by atoms with Gasteiger partial charge in [-0.1, -0.05) is 17.7 Å². The SMILES string of the molecule is Cc1nc(CN2CCOCC2)sc1C(=O)Nc1cccc(Cl)c1C. The van der Waals surface area contributed by atoms with Gasteiger partial charge >= 0.3 is 0 Å². The van der Waals surface area contributed by atoms with Crippen LogP contribution in [0, 0.1) is 13.8 Å². The largest absolute Gasteiger partial charge is 0.379 e. The summed E-state index contributed by atoms with van der Waals surface area (Å²) in [6, 6.07) is 5.49. The maximum atomic E-state index is 12.6. The van der Waals surface area contributed by atoms with Crippen molar-refractivity contribution in [2.75, 3.05) is 31.6 Å². The summed E-state index contributed by atoms with van der Waals surface area (Å²) in [5.41, 5.74) is 2.36. The molecule has 0 spiro atoms. The number of anilines is 1. The first-order chi connectivity index (χ1) is 11.5. The number of hydrogen-bond acceptors (Lipinski definition) is 5. The second kappa shape index (κ2) is 7.61. The minimum absolute atomic E-state index is 0.136. The van der Waals surface area contributed by atoms with Gasteiger partial charge in [0.15, 0.2) is 0 Å².